The molecule has 1 aliphatic carbocycles. The number of alkyl halides is 1. The van der Waals surface area contributed by atoms with E-state index in [1.807, 2.05) is 0 Å². The van der Waals surface area contributed by atoms with Gasteiger partial charge in [-0.05, 0) is 67.2 Å². The maximum Gasteiger partial charge on any atom is 0.132 e. The molecule has 126 valence electrons. The van der Waals surface area contributed by atoms with Crippen molar-refractivity contribution in [2.24, 2.45) is 11.8 Å². The minimum absolute atomic E-state index is 0.311. The molecular weight excluding hydrogens is 301 g/mol. The molecule has 0 radical (unpaired) electrons. The van der Waals surface area contributed by atoms with Gasteiger partial charge in [0.15, 0.2) is 0 Å². The molecule has 0 aromatic heterocycles. The van der Waals surface area contributed by atoms with Crippen LogP contribution in [0.4, 0.5) is 13.2 Å². The van der Waals surface area contributed by atoms with Gasteiger partial charge >= 0.3 is 0 Å². The molecule has 23 heavy (non-hydrogen) atoms. The fraction of sp³-hybridized carbons (Fsp3) is 0.579. The molecule has 1 fully saturated rings. The van der Waals surface area contributed by atoms with Crippen molar-refractivity contribution in [3.8, 4) is 0 Å². The predicted molar refractivity (Wildman–Crippen MR) is 84.6 cm³/mol. The van der Waals surface area contributed by atoms with Crippen LogP contribution in [-0.4, -0.2) is 12.7 Å². The number of halogens is 3. The molecule has 2 aliphatic rings. The molecule has 1 nitrogen and oxygen atoms in total. The monoisotopic (exact) mass is 324 g/mol. The Kier molecular flexibility index (Phi) is 5.10. The van der Waals surface area contributed by atoms with Crippen LogP contribution in [0.3, 0.4) is 0 Å². The lowest BCUT2D eigenvalue weighted by Crippen LogP contribution is -2.31. The van der Waals surface area contributed by atoms with Crippen LogP contribution in [0.25, 0.3) is 5.57 Å². The van der Waals surface area contributed by atoms with Crippen LogP contribution in [0.2, 0.25) is 0 Å². The zero-order valence-corrected chi connectivity index (χ0v) is 13.5. The number of hydrogen-bond donors (Lipinski definition) is 0. The van der Waals surface area contributed by atoms with Gasteiger partial charge in [0.05, 0.1) is 11.7 Å². The van der Waals surface area contributed by atoms with Gasteiger partial charge in [-0.1, -0.05) is 13.0 Å². The first-order chi connectivity index (χ1) is 11.1. The summed E-state index contributed by atoms with van der Waals surface area (Å²) in [5.41, 5.74) is 1.01. The summed E-state index contributed by atoms with van der Waals surface area (Å²) in [5, 5.41) is 0. The molecule has 4 heteroatoms. The van der Waals surface area contributed by atoms with Gasteiger partial charge in [-0.3, -0.25) is 0 Å². The van der Waals surface area contributed by atoms with E-state index in [0.717, 1.165) is 37.9 Å². The Balaban J connectivity index is 1.69. The summed E-state index contributed by atoms with van der Waals surface area (Å²) < 4.78 is 46.0. The van der Waals surface area contributed by atoms with Crippen molar-refractivity contribution in [2.45, 2.75) is 51.8 Å². The van der Waals surface area contributed by atoms with Crippen LogP contribution < -0.4 is 0 Å². The zero-order chi connectivity index (χ0) is 16.4. The van der Waals surface area contributed by atoms with Crippen molar-refractivity contribution >= 4 is 5.57 Å². The third-order valence-electron chi connectivity index (χ3n) is 5.16. The third kappa shape index (κ3) is 3.63. The van der Waals surface area contributed by atoms with Crippen LogP contribution in [0.15, 0.2) is 18.2 Å². The second kappa shape index (κ2) is 7.08. The first-order valence-corrected chi connectivity index (χ1v) is 8.43. The molecule has 0 bridgehead atoms. The third-order valence-corrected chi connectivity index (χ3v) is 5.16. The lowest BCUT2D eigenvalue weighted by atomic mass is 9.80. The molecular formula is C19H23F3O. The normalized spacial score (nSPS) is 28.5. The van der Waals surface area contributed by atoms with E-state index in [0.29, 0.717) is 23.5 Å². The number of allylic oxidation sites excluding steroid dienone is 2. The average Bonchev–Trinajstić information content (AvgIpc) is 2.55. The minimum atomic E-state index is -1.11. The van der Waals surface area contributed by atoms with Crippen molar-refractivity contribution in [1.29, 1.82) is 0 Å². The minimum Gasteiger partial charge on any atom is -0.378 e. The number of rotatable bonds is 3. The summed E-state index contributed by atoms with van der Waals surface area (Å²) in [6.45, 7) is 1.93. The van der Waals surface area contributed by atoms with Crippen molar-refractivity contribution in [3.05, 3.63) is 41.0 Å². The molecule has 1 heterocycles. The highest BCUT2D eigenvalue weighted by Gasteiger charge is 2.28. The maximum atomic E-state index is 13.7. The highest BCUT2D eigenvalue weighted by molar-refractivity contribution is 5.66. The molecule has 3 atom stereocenters. The second-order valence-electron chi connectivity index (χ2n) is 6.87. The lowest BCUT2D eigenvalue weighted by Gasteiger charge is -2.34. The summed E-state index contributed by atoms with van der Waals surface area (Å²) in [4.78, 5) is 0. The van der Waals surface area contributed by atoms with Gasteiger partial charge in [-0.15, -0.1) is 0 Å². The van der Waals surface area contributed by atoms with E-state index in [-0.39, 0.29) is 0 Å². The Morgan fingerprint density at radius 2 is 1.87 bits per heavy atom. The van der Waals surface area contributed by atoms with E-state index in [1.54, 1.807) is 0 Å². The van der Waals surface area contributed by atoms with Gasteiger partial charge in [0.1, 0.15) is 18.3 Å². The van der Waals surface area contributed by atoms with Crippen LogP contribution in [0.1, 0.15) is 50.2 Å². The first kappa shape index (κ1) is 16.6. The molecule has 1 aliphatic heterocycles. The maximum absolute atomic E-state index is 13.7. The molecule has 3 unspecified atom stereocenters. The van der Waals surface area contributed by atoms with Crippen LogP contribution >= 0.6 is 0 Å². The molecule has 1 aromatic rings. The van der Waals surface area contributed by atoms with E-state index in [1.165, 1.54) is 18.6 Å². The Hall–Kier alpha value is -1.29. The van der Waals surface area contributed by atoms with Gasteiger partial charge < -0.3 is 4.74 Å². The summed E-state index contributed by atoms with van der Waals surface area (Å²) in [6, 6.07) is 2.51. The van der Waals surface area contributed by atoms with Gasteiger partial charge in [-0.2, -0.15) is 0 Å². The van der Waals surface area contributed by atoms with E-state index >= 15 is 0 Å². The van der Waals surface area contributed by atoms with Gasteiger partial charge in [0.25, 0.3) is 0 Å². The first-order valence-electron chi connectivity index (χ1n) is 8.43. The van der Waals surface area contributed by atoms with E-state index in [4.69, 9.17) is 4.74 Å². The number of ether oxygens (including phenoxy) is 1. The Labute approximate surface area is 135 Å². The molecule has 0 spiro atoms. The zero-order valence-electron chi connectivity index (χ0n) is 13.5. The fourth-order valence-electron chi connectivity index (χ4n) is 3.65. The largest absolute Gasteiger partial charge is 0.378 e. The standard InChI is InChI=1S/C19H23F3O/c1-12-2-7-19(23-11-12)14-5-3-13(4-6-14)15-8-17(21)16(10-20)18(22)9-15/h3,8-9,12,14,19H,2,4-7,10-11H2,1H3. The van der Waals surface area contributed by atoms with Gasteiger partial charge in [0, 0.05) is 6.61 Å². The highest BCUT2D eigenvalue weighted by atomic mass is 19.1. The Morgan fingerprint density at radius 1 is 1.13 bits per heavy atom. The van der Waals surface area contributed by atoms with Crippen LogP contribution in [0, 0.1) is 23.5 Å². The van der Waals surface area contributed by atoms with E-state index in [9.17, 15) is 13.2 Å². The summed E-state index contributed by atoms with van der Waals surface area (Å²) in [5.74, 6) is -0.461. The summed E-state index contributed by atoms with van der Waals surface area (Å²) in [6.07, 6.45) is 7.32. The van der Waals surface area contributed by atoms with Crippen molar-refractivity contribution < 1.29 is 17.9 Å². The Morgan fingerprint density at radius 3 is 2.39 bits per heavy atom. The van der Waals surface area contributed by atoms with Crippen molar-refractivity contribution in [3.63, 3.8) is 0 Å². The SMILES string of the molecule is CC1CCC(C2CC=C(c3cc(F)c(CF)c(F)c3)CC2)OC1. The quantitative estimate of drug-likeness (QED) is 0.720. The summed E-state index contributed by atoms with van der Waals surface area (Å²) >= 11 is 0. The molecule has 0 saturated carbocycles. The molecule has 0 N–H and O–H groups in total. The van der Waals surface area contributed by atoms with E-state index in [2.05, 4.69) is 13.0 Å². The molecule has 0 amide bonds. The summed E-state index contributed by atoms with van der Waals surface area (Å²) in [7, 11) is 0. The molecule has 1 aromatic carbocycles. The van der Waals surface area contributed by atoms with Gasteiger partial charge in [0.2, 0.25) is 0 Å². The van der Waals surface area contributed by atoms with Gasteiger partial charge in [-0.25, -0.2) is 13.2 Å². The number of benzene rings is 1. The second-order valence-corrected chi connectivity index (χ2v) is 6.87. The Bertz CT molecular complexity index is 565. The van der Waals surface area contributed by atoms with Crippen LogP contribution in [-0.2, 0) is 11.4 Å². The highest BCUT2D eigenvalue weighted by Crippen LogP contribution is 2.36. The molecule has 1 saturated heterocycles. The fourth-order valence-corrected chi connectivity index (χ4v) is 3.65. The lowest BCUT2D eigenvalue weighted by molar-refractivity contribution is -0.0448. The number of hydrogen-bond acceptors (Lipinski definition) is 1. The van der Waals surface area contributed by atoms with Crippen LogP contribution in [0.5, 0.6) is 0 Å². The predicted octanol–water partition coefficient (Wildman–Crippen LogP) is 5.43. The van der Waals surface area contributed by atoms with Crippen molar-refractivity contribution in [1.82, 2.24) is 0 Å². The van der Waals surface area contributed by atoms with E-state index < -0.39 is 23.9 Å². The van der Waals surface area contributed by atoms with Crippen molar-refractivity contribution in [2.75, 3.05) is 6.61 Å². The topological polar surface area (TPSA) is 9.23 Å². The molecule has 3 rings (SSSR count). The smallest absolute Gasteiger partial charge is 0.132 e. The average molecular weight is 324 g/mol.